The molecule has 0 spiro atoms. The highest BCUT2D eigenvalue weighted by atomic mass is 35.5. The van der Waals surface area contributed by atoms with Gasteiger partial charge in [0.05, 0.1) is 12.7 Å². The summed E-state index contributed by atoms with van der Waals surface area (Å²) in [6, 6.07) is 9.63. The van der Waals surface area contributed by atoms with Crippen molar-refractivity contribution >= 4 is 11.6 Å². The molecule has 2 aromatic rings. The average molecular weight is 426 g/mol. The van der Waals surface area contributed by atoms with Crippen LogP contribution in [0.5, 0.6) is 5.75 Å². The quantitative estimate of drug-likeness (QED) is 0.529. The van der Waals surface area contributed by atoms with Crippen molar-refractivity contribution < 1.29 is 22.4 Å². The van der Waals surface area contributed by atoms with Crippen molar-refractivity contribution in [1.29, 1.82) is 0 Å². The van der Waals surface area contributed by atoms with Gasteiger partial charge in [0.2, 0.25) is 0 Å². The Hall–Kier alpha value is -1.65. The van der Waals surface area contributed by atoms with Gasteiger partial charge in [-0.15, -0.1) is 0 Å². The number of ether oxygens (including phenoxy) is 2. The van der Waals surface area contributed by atoms with Crippen molar-refractivity contribution in [3.8, 4) is 5.75 Å². The monoisotopic (exact) mass is 425 g/mol. The predicted octanol–water partition coefficient (Wildman–Crippen LogP) is 6.72. The molecule has 2 nitrogen and oxygen atoms in total. The van der Waals surface area contributed by atoms with E-state index >= 15 is 4.39 Å². The minimum atomic E-state index is -2.00. The van der Waals surface area contributed by atoms with Crippen LogP contribution in [0.15, 0.2) is 36.4 Å². The van der Waals surface area contributed by atoms with Crippen LogP contribution < -0.4 is 4.74 Å². The van der Waals surface area contributed by atoms with Crippen LogP contribution >= 0.6 is 11.6 Å². The Kier molecular flexibility index (Phi) is 5.64. The van der Waals surface area contributed by atoms with Crippen LogP contribution in [0, 0.1) is 17.6 Å². The van der Waals surface area contributed by atoms with Gasteiger partial charge in [0.15, 0.2) is 11.6 Å². The van der Waals surface area contributed by atoms with Crippen LogP contribution in [0.25, 0.3) is 0 Å². The van der Waals surface area contributed by atoms with E-state index in [0.717, 1.165) is 17.7 Å². The maximum absolute atomic E-state index is 15.2. The molecule has 0 amide bonds. The second kappa shape index (κ2) is 9.01. The lowest BCUT2D eigenvalue weighted by Gasteiger charge is -2.51. The lowest BCUT2D eigenvalue weighted by molar-refractivity contribution is -0.0992. The first-order valence-corrected chi connectivity index (χ1v) is 10.0. The summed E-state index contributed by atoms with van der Waals surface area (Å²) in [6.45, 7) is -1.42. The van der Waals surface area contributed by atoms with Gasteiger partial charge in [-0.3, -0.25) is 0 Å². The van der Waals surface area contributed by atoms with Crippen molar-refractivity contribution in [1.82, 2.24) is 0 Å². The van der Waals surface area contributed by atoms with Gasteiger partial charge >= 0.3 is 0 Å². The number of halogens is 3. The van der Waals surface area contributed by atoms with Crippen molar-refractivity contribution in [2.45, 2.75) is 57.9 Å². The molecule has 2 aliphatic heterocycles. The maximum atomic E-state index is 15.2. The van der Waals surface area contributed by atoms with Gasteiger partial charge in [0.1, 0.15) is 5.82 Å². The van der Waals surface area contributed by atoms with E-state index in [1.807, 2.05) is 12.1 Å². The molecule has 1 fully saturated rings. The molecule has 0 saturated carbocycles. The SMILES string of the molecule is C.[2H]C([2H])([2H])CCC[C@@H]1OCC[C@@]2(Cc3ccc(Cl)cc3)c3c(F)ccc(F)c3OC[C@@H]12. The highest BCUT2D eigenvalue weighted by Crippen LogP contribution is 2.52. The maximum Gasteiger partial charge on any atom is 0.165 e. The Labute approximate surface area is 181 Å². The van der Waals surface area contributed by atoms with Gasteiger partial charge < -0.3 is 9.47 Å². The highest BCUT2D eigenvalue weighted by molar-refractivity contribution is 6.30. The van der Waals surface area contributed by atoms with Crippen molar-refractivity contribution in [2.24, 2.45) is 5.92 Å². The first-order valence-electron chi connectivity index (χ1n) is 11.2. The second-order valence-corrected chi connectivity index (χ2v) is 8.10. The Morgan fingerprint density at radius 3 is 2.69 bits per heavy atom. The third-order valence-corrected chi connectivity index (χ3v) is 6.35. The minimum absolute atomic E-state index is 0. The molecule has 1 saturated heterocycles. The van der Waals surface area contributed by atoms with Crippen LogP contribution in [0.3, 0.4) is 0 Å². The van der Waals surface area contributed by atoms with E-state index in [-0.39, 0.29) is 43.8 Å². The largest absolute Gasteiger partial charge is 0.490 e. The normalized spacial score (nSPS) is 27.3. The molecule has 2 heterocycles. The molecule has 0 aromatic heterocycles. The molecule has 158 valence electrons. The van der Waals surface area contributed by atoms with Crippen LogP contribution in [0.4, 0.5) is 8.78 Å². The lowest BCUT2D eigenvalue weighted by Crippen LogP contribution is -2.54. The van der Waals surface area contributed by atoms with Gasteiger partial charge in [-0.25, -0.2) is 8.78 Å². The summed E-state index contributed by atoms with van der Waals surface area (Å²) < 4.78 is 63.9. The topological polar surface area (TPSA) is 18.5 Å². The smallest absolute Gasteiger partial charge is 0.165 e. The fraction of sp³-hybridized carbons (Fsp3) is 0.500. The van der Waals surface area contributed by atoms with E-state index in [0.29, 0.717) is 37.3 Å². The third-order valence-electron chi connectivity index (χ3n) is 6.10. The summed E-state index contributed by atoms with van der Waals surface area (Å²) in [4.78, 5) is 0. The van der Waals surface area contributed by atoms with Crippen LogP contribution in [-0.2, 0) is 16.6 Å². The van der Waals surface area contributed by atoms with Crippen molar-refractivity contribution in [3.05, 3.63) is 64.2 Å². The number of hydrogen-bond acceptors (Lipinski definition) is 2. The van der Waals surface area contributed by atoms with Crippen molar-refractivity contribution in [2.75, 3.05) is 13.2 Å². The summed E-state index contributed by atoms with van der Waals surface area (Å²) in [7, 11) is 0. The van der Waals surface area contributed by atoms with Crippen molar-refractivity contribution in [3.63, 3.8) is 0 Å². The van der Waals surface area contributed by atoms with E-state index in [2.05, 4.69) is 0 Å². The molecular formula is C24H29ClF2O2. The van der Waals surface area contributed by atoms with Crippen LogP contribution in [0.1, 0.15) is 55.2 Å². The lowest BCUT2D eigenvalue weighted by atomic mass is 9.60. The molecule has 0 radical (unpaired) electrons. The predicted molar refractivity (Wildman–Crippen MR) is 113 cm³/mol. The molecule has 5 heteroatoms. The molecule has 0 bridgehead atoms. The number of rotatable bonds is 5. The third kappa shape index (κ3) is 4.02. The van der Waals surface area contributed by atoms with E-state index in [9.17, 15) is 4.39 Å². The molecule has 3 atom stereocenters. The zero-order valence-electron chi connectivity index (χ0n) is 18.5. The van der Waals surface area contributed by atoms with Gasteiger partial charge in [-0.2, -0.15) is 0 Å². The Balaban J connectivity index is 0.00000289. The molecule has 0 unspecified atom stereocenters. The number of benzene rings is 2. The molecule has 4 rings (SSSR count). The molecule has 0 N–H and O–H groups in total. The highest BCUT2D eigenvalue weighted by Gasteiger charge is 2.53. The Bertz CT molecular complexity index is 936. The molecule has 2 aromatic carbocycles. The Morgan fingerprint density at radius 2 is 1.93 bits per heavy atom. The summed E-state index contributed by atoms with van der Waals surface area (Å²) in [5.74, 6) is -1.31. The molecule has 0 aliphatic carbocycles. The summed E-state index contributed by atoms with van der Waals surface area (Å²) in [5, 5.41) is 0.608. The zero-order valence-corrected chi connectivity index (χ0v) is 16.3. The van der Waals surface area contributed by atoms with E-state index in [1.165, 1.54) is 0 Å². The van der Waals surface area contributed by atoms with E-state index in [1.54, 1.807) is 12.1 Å². The standard InChI is InChI=1S/C23H25ClF2O2.CH4/c1-2-3-4-20-17-14-28-22-19(26)10-9-18(25)21(22)23(17,11-12-27-20)13-15-5-7-16(24)8-6-15;/h5-10,17,20H,2-4,11-14H2,1H3;1H4/t17-,20-,23-;/m0./s1/i1D3;. The van der Waals surface area contributed by atoms with Gasteiger partial charge in [-0.1, -0.05) is 50.9 Å². The number of fused-ring (bicyclic) bond motifs is 3. The Morgan fingerprint density at radius 1 is 1.17 bits per heavy atom. The minimum Gasteiger partial charge on any atom is -0.490 e. The molecule has 2 aliphatic rings. The first kappa shape index (κ1) is 18.1. The second-order valence-electron chi connectivity index (χ2n) is 7.66. The summed E-state index contributed by atoms with van der Waals surface area (Å²) >= 11 is 6.04. The first-order chi connectivity index (χ1) is 14.7. The summed E-state index contributed by atoms with van der Waals surface area (Å²) in [6.07, 6.45) is 1.80. The average Bonchev–Trinajstić information content (AvgIpc) is 2.71. The van der Waals surface area contributed by atoms with E-state index < -0.39 is 23.9 Å². The van der Waals surface area contributed by atoms with Gasteiger partial charge in [-0.05, 0) is 49.1 Å². The summed E-state index contributed by atoms with van der Waals surface area (Å²) in [5.41, 5.74) is 0.521. The van der Waals surface area contributed by atoms with Gasteiger partial charge in [0, 0.05) is 32.6 Å². The van der Waals surface area contributed by atoms with Gasteiger partial charge in [0.25, 0.3) is 0 Å². The zero-order chi connectivity index (χ0) is 22.2. The van der Waals surface area contributed by atoms with Crippen LogP contribution in [-0.4, -0.2) is 19.3 Å². The van der Waals surface area contributed by atoms with Crippen LogP contribution in [0.2, 0.25) is 5.02 Å². The molecule has 29 heavy (non-hydrogen) atoms. The fourth-order valence-corrected chi connectivity index (χ4v) is 4.93. The molecular weight excluding hydrogens is 394 g/mol. The fourth-order valence-electron chi connectivity index (χ4n) is 4.80. The van der Waals surface area contributed by atoms with E-state index in [4.69, 9.17) is 25.2 Å². The number of hydrogen-bond donors (Lipinski definition) is 0.